The lowest BCUT2D eigenvalue weighted by Gasteiger charge is -2.14. The van der Waals surface area contributed by atoms with Crippen molar-refractivity contribution in [3.63, 3.8) is 0 Å². The van der Waals surface area contributed by atoms with Crippen molar-refractivity contribution in [3.8, 4) is 123 Å². The van der Waals surface area contributed by atoms with E-state index in [1.165, 1.54) is 237 Å². The lowest BCUT2D eigenvalue weighted by molar-refractivity contribution is 1.18. The number of para-hydroxylation sites is 9. The molecule has 0 amide bonds. The maximum Gasteiger partial charge on any atom is 0.0547 e. The zero-order valence-electron chi connectivity index (χ0n) is 78.8. The number of fused-ring (bicyclic) bond motifs is 18. The molecule has 0 aliphatic heterocycles. The smallest absolute Gasteiger partial charge is 0.0547 e. The van der Waals surface area contributed by atoms with Gasteiger partial charge in [-0.05, 0) is 278 Å². The second-order valence-electron chi connectivity index (χ2n) is 37.4. The van der Waals surface area contributed by atoms with Gasteiger partial charge in [-0.15, -0.1) is 0 Å². The van der Waals surface area contributed by atoms with Gasteiger partial charge in [0.15, 0.2) is 0 Å². The standard InChI is InChI=1S/2C48H32N2.C42H28N2/c1-5-13-33(14-6-1)35-21-25-45-41(29-35)43-31-37(23-27-47(43)49(45)39-17-9-3-10-18-39)38-24-28-48-44(32-38)42-30-36(34-15-7-2-8-16-34)22-26-46(42)50(48)40-19-11-4-12-20-40;1-4-13-33(14-5-1)34-15-12-16-35(29-34)38-23-26-42-44-31-37(25-28-47(44)50(48(42)32-38)40-19-8-3-9-20-40)36-24-27-46-43(30-36)41-21-10-11-22-45(41)49(46)39-17-6-2-7-18-39;1-3-13-29(14-4-1)33-17-7-10-20-38(33)44-40-22-12-9-19-35(40)37-28-31(24-26-42(37)44)30-23-25-41-36(27-30)34-18-8-11-21-39(34)43(41)32-15-5-2-6-16-32/h2*1-32H;1-28H. The Morgan fingerprint density at radius 1 is 0.0903 bits per heavy atom. The van der Waals surface area contributed by atoms with Gasteiger partial charge in [-0.1, -0.05) is 364 Å². The fraction of sp³-hybridized carbons (Fsp3) is 0. The first-order valence-corrected chi connectivity index (χ1v) is 49.5. The number of hydrogen-bond donors (Lipinski definition) is 0. The van der Waals surface area contributed by atoms with Crippen molar-refractivity contribution < 1.29 is 0 Å². The summed E-state index contributed by atoms with van der Waals surface area (Å²) in [6, 6.07) is 202. The van der Waals surface area contributed by atoms with Gasteiger partial charge in [0.05, 0.1) is 71.9 Å². The van der Waals surface area contributed by atoms with Gasteiger partial charge in [-0.3, -0.25) is 0 Å². The van der Waals surface area contributed by atoms with Crippen molar-refractivity contribution in [2.75, 3.05) is 0 Å². The Hall–Kier alpha value is -19.1. The Labute approximate surface area is 833 Å². The Morgan fingerprint density at radius 3 is 0.590 bits per heavy atom. The third-order valence-electron chi connectivity index (χ3n) is 29.1. The average Bonchev–Trinajstić information content (AvgIpc) is 1.58. The molecular formula is C138H92N6. The first-order chi connectivity index (χ1) is 71.4. The highest BCUT2D eigenvalue weighted by Crippen LogP contribution is 2.47. The molecule has 0 saturated heterocycles. The van der Waals surface area contributed by atoms with Gasteiger partial charge >= 0.3 is 0 Å². The molecule has 144 heavy (non-hydrogen) atoms. The van der Waals surface area contributed by atoms with E-state index in [0.717, 1.165) is 17.1 Å². The first kappa shape index (κ1) is 84.2. The zero-order chi connectivity index (χ0) is 95.1. The van der Waals surface area contributed by atoms with Crippen molar-refractivity contribution in [2.45, 2.75) is 0 Å². The van der Waals surface area contributed by atoms with E-state index in [0.29, 0.717) is 0 Å². The molecule has 6 heterocycles. The van der Waals surface area contributed by atoms with Crippen LogP contribution in [0.4, 0.5) is 0 Å². The quantitative estimate of drug-likeness (QED) is 0.104. The fourth-order valence-electron chi connectivity index (χ4n) is 22.4. The molecule has 0 fully saturated rings. The highest BCUT2D eigenvalue weighted by atomic mass is 15.0. The van der Waals surface area contributed by atoms with Crippen molar-refractivity contribution >= 4 is 131 Å². The molecule has 23 aromatic carbocycles. The van der Waals surface area contributed by atoms with Crippen LogP contribution >= 0.6 is 0 Å². The fourth-order valence-corrected chi connectivity index (χ4v) is 22.4. The van der Waals surface area contributed by atoms with Gasteiger partial charge in [-0.2, -0.15) is 0 Å². The van der Waals surface area contributed by atoms with Crippen LogP contribution in [0.3, 0.4) is 0 Å². The van der Waals surface area contributed by atoms with Gasteiger partial charge in [-0.25, -0.2) is 0 Å². The van der Waals surface area contributed by atoms with E-state index in [1.54, 1.807) is 0 Å². The van der Waals surface area contributed by atoms with Gasteiger partial charge in [0.25, 0.3) is 0 Å². The van der Waals surface area contributed by atoms with E-state index >= 15 is 0 Å². The molecule has 0 radical (unpaired) electrons. The van der Waals surface area contributed by atoms with Crippen LogP contribution in [0.15, 0.2) is 558 Å². The minimum absolute atomic E-state index is 1.16. The zero-order valence-corrected chi connectivity index (χ0v) is 78.8. The highest BCUT2D eigenvalue weighted by molar-refractivity contribution is 6.18. The molecule has 0 unspecified atom stereocenters. The van der Waals surface area contributed by atoms with Crippen molar-refractivity contribution in [3.05, 3.63) is 558 Å². The van der Waals surface area contributed by atoms with Gasteiger partial charge < -0.3 is 27.4 Å². The van der Waals surface area contributed by atoms with Crippen LogP contribution in [-0.4, -0.2) is 27.4 Å². The number of rotatable bonds is 14. The van der Waals surface area contributed by atoms with Crippen LogP contribution in [-0.2, 0) is 0 Å². The molecule has 29 rings (SSSR count). The largest absolute Gasteiger partial charge is 0.309 e. The van der Waals surface area contributed by atoms with Crippen LogP contribution in [0.1, 0.15) is 0 Å². The average molecular weight is 1830 g/mol. The Bertz CT molecular complexity index is 9770. The van der Waals surface area contributed by atoms with E-state index in [2.05, 4.69) is 586 Å². The third kappa shape index (κ3) is 14.7. The minimum atomic E-state index is 1.16. The summed E-state index contributed by atoms with van der Waals surface area (Å²) in [7, 11) is 0. The maximum absolute atomic E-state index is 2.42. The van der Waals surface area contributed by atoms with E-state index in [-0.39, 0.29) is 0 Å². The molecule has 6 nitrogen and oxygen atoms in total. The van der Waals surface area contributed by atoms with Crippen LogP contribution in [0.5, 0.6) is 0 Å². The lowest BCUT2D eigenvalue weighted by atomic mass is 9.97. The molecular weight excluding hydrogens is 1740 g/mol. The minimum Gasteiger partial charge on any atom is -0.309 e. The molecule has 0 aliphatic carbocycles. The van der Waals surface area contributed by atoms with Crippen molar-refractivity contribution in [2.24, 2.45) is 0 Å². The normalized spacial score (nSPS) is 11.6. The summed E-state index contributed by atoms with van der Waals surface area (Å²) in [5, 5.41) is 15.1. The molecule has 0 atom stereocenters. The first-order valence-electron chi connectivity index (χ1n) is 49.5. The van der Waals surface area contributed by atoms with Gasteiger partial charge in [0, 0.05) is 98.6 Å². The van der Waals surface area contributed by atoms with Crippen LogP contribution in [0, 0.1) is 0 Å². The van der Waals surface area contributed by atoms with Gasteiger partial charge in [0.2, 0.25) is 0 Å². The number of aromatic nitrogens is 6. The maximum atomic E-state index is 2.42. The Balaban J connectivity index is 0.000000108. The van der Waals surface area contributed by atoms with E-state index in [1.807, 2.05) is 0 Å². The predicted molar refractivity (Wildman–Crippen MR) is 609 cm³/mol. The second kappa shape index (κ2) is 35.7. The monoisotopic (exact) mass is 1830 g/mol. The third-order valence-corrected chi connectivity index (χ3v) is 29.1. The van der Waals surface area contributed by atoms with Crippen LogP contribution < -0.4 is 0 Å². The molecule has 0 N–H and O–H groups in total. The molecule has 0 spiro atoms. The highest BCUT2D eigenvalue weighted by Gasteiger charge is 2.24. The predicted octanol–water partition coefficient (Wildman–Crippen LogP) is 37.0. The SMILES string of the molecule is c1ccc(-c2ccc3c(c2)c2cc(-c4ccc5c(c4)c4cc(-c6ccccc6)ccc4n5-c4ccccc4)ccc2n3-c2ccccc2)cc1.c1ccc(-c2cccc(-c3ccc4c5cc(-c6ccc7c(c6)c6ccccc6n7-c6ccccc6)ccc5n(-c5ccccc5)c4c3)c2)cc1.c1ccc(-c2ccccc2-n2c3ccccc3c3cc(-c4ccc5c(c4)c4ccccc4n5-c4ccccc4)ccc32)cc1. The topological polar surface area (TPSA) is 29.6 Å². The van der Waals surface area contributed by atoms with Crippen LogP contribution in [0.2, 0.25) is 0 Å². The van der Waals surface area contributed by atoms with E-state index in [4.69, 9.17) is 0 Å². The van der Waals surface area contributed by atoms with E-state index in [9.17, 15) is 0 Å². The summed E-state index contributed by atoms with van der Waals surface area (Å²) in [5.41, 5.74) is 41.0. The second-order valence-corrected chi connectivity index (χ2v) is 37.4. The molecule has 0 bridgehead atoms. The van der Waals surface area contributed by atoms with Gasteiger partial charge in [0.1, 0.15) is 0 Å². The Kier molecular flexibility index (Phi) is 20.9. The molecule has 0 saturated carbocycles. The summed E-state index contributed by atoms with van der Waals surface area (Å²) in [5.74, 6) is 0. The van der Waals surface area contributed by atoms with E-state index < -0.39 is 0 Å². The Morgan fingerprint density at radius 2 is 0.278 bits per heavy atom. The summed E-state index contributed by atoms with van der Waals surface area (Å²) in [6.07, 6.45) is 0. The summed E-state index contributed by atoms with van der Waals surface area (Å²) >= 11 is 0. The molecule has 29 aromatic rings. The molecule has 6 aromatic heterocycles. The van der Waals surface area contributed by atoms with Crippen molar-refractivity contribution in [1.29, 1.82) is 0 Å². The molecule has 6 heteroatoms. The molecule has 0 aliphatic rings. The van der Waals surface area contributed by atoms with Crippen LogP contribution in [0.25, 0.3) is 254 Å². The molecule has 674 valence electrons. The van der Waals surface area contributed by atoms with Crippen molar-refractivity contribution in [1.82, 2.24) is 27.4 Å². The number of nitrogens with zero attached hydrogens (tertiary/aromatic N) is 6. The summed E-state index contributed by atoms with van der Waals surface area (Å²) in [6.45, 7) is 0. The number of hydrogen-bond acceptors (Lipinski definition) is 0. The summed E-state index contributed by atoms with van der Waals surface area (Å²) < 4.78 is 14.4. The summed E-state index contributed by atoms with van der Waals surface area (Å²) in [4.78, 5) is 0. The number of benzene rings is 23. The lowest BCUT2D eigenvalue weighted by Crippen LogP contribution is -1.97.